The molecule has 0 heterocycles. The van der Waals surface area contributed by atoms with Gasteiger partial charge < -0.3 is 4.74 Å². The van der Waals surface area contributed by atoms with Gasteiger partial charge in [0.05, 0.1) is 0 Å². The van der Waals surface area contributed by atoms with Crippen molar-refractivity contribution in [2.24, 2.45) is 11.0 Å². The monoisotopic (exact) mass is 386 g/mol. The summed E-state index contributed by atoms with van der Waals surface area (Å²) < 4.78 is 5.91. The minimum Gasteiger partial charge on any atom is -0.489 e. The van der Waals surface area contributed by atoms with Gasteiger partial charge in [-0.1, -0.05) is 49.4 Å². The Morgan fingerprint density at radius 3 is 2.66 bits per heavy atom. The van der Waals surface area contributed by atoms with Crippen molar-refractivity contribution < 1.29 is 9.53 Å². The van der Waals surface area contributed by atoms with Gasteiger partial charge in [-0.2, -0.15) is 5.10 Å². The minimum atomic E-state index is -0.169. The number of hydrogen-bond acceptors (Lipinski definition) is 3. The first-order valence-corrected chi connectivity index (χ1v) is 10.2. The zero-order chi connectivity index (χ0) is 20.1. The lowest BCUT2D eigenvalue weighted by Crippen LogP contribution is -2.22. The minimum absolute atomic E-state index is 0.169. The summed E-state index contributed by atoms with van der Waals surface area (Å²) in [4.78, 5) is 12.3. The number of ether oxygens (including phenoxy) is 1. The van der Waals surface area contributed by atoms with Crippen molar-refractivity contribution >= 4 is 22.4 Å². The topological polar surface area (TPSA) is 50.7 Å². The maximum Gasteiger partial charge on any atom is 0.271 e. The number of rotatable bonds is 5. The molecule has 1 fully saturated rings. The molecule has 29 heavy (non-hydrogen) atoms. The van der Waals surface area contributed by atoms with Gasteiger partial charge in [-0.05, 0) is 72.2 Å². The van der Waals surface area contributed by atoms with Crippen LogP contribution >= 0.6 is 0 Å². The van der Waals surface area contributed by atoms with Gasteiger partial charge in [0, 0.05) is 11.3 Å². The summed E-state index contributed by atoms with van der Waals surface area (Å²) in [5, 5.41) is 6.68. The fraction of sp³-hybridized carbons (Fsp3) is 0.280. The summed E-state index contributed by atoms with van der Waals surface area (Å²) in [5.41, 5.74) is 5.42. The van der Waals surface area contributed by atoms with E-state index in [0.29, 0.717) is 18.1 Å². The van der Waals surface area contributed by atoms with Crippen molar-refractivity contribution in [1.82, 2.24) is 5.43 Å². The standard InChI is InChI=1S/C25H26N2O2/c1-18-5-4-8-23(15-18)26-27-25(28)21-11-9-19(10-12-21)17-29-24-14-13-20-6-2-3-7-22(20)16-24/h2-3,6-7,9-14,16,18H,4-5,8,15,17H2,1H3,(H,27,28)/b26-23-/t18-/m0/s1. The van der Waals surface area contributed by atoms with Crippen molar-refractivity contribution in [1.29, 1.82) is 0 Å². The first-order valence-electron chi connectivity index (χ1n) is 10.2. The van der Waals surface area contributed by atoms with Crippen molar-refractivity contribution in [3.63, 3.8) is 0 Å². The number of nitrogens with one attached hydrogen (secondary N) is 1. The van der Waals surface area contributed by atoms with Gasteiger partial charge in [-0.3, -0.25) is 4.79 Å². The molecule has 0 aromatic heterocycles. The van der Waals surface area contributed by atoms with Crippen molar-refractivity contribution in [3.8, 4) is 5.75 Å². The molecule has 0 aliphatic heterocycles. The van der Waals surface area contributed by atoms with E-state index in [9.17, 15) is 4.79 Å². The Kier molecular flexibility index (Phi) is 5.89. The quantitative estimate of drug-likeness (QED) is 0.571. The molecule has 0 bridgehead atoms. The van der Waals surface area contributed by atoms with Gasteiger partial charge in [0.15, 0.2) is 0 Å². The van der Waals surface area contributed by atoms with E-state index < -0.39 is 0 Å². The van der Waals surface area contributed by atoms with Crippen LogP contribution < -0.4 is 10.2 Å². The maximum atomic E-state index is 12.3. The Bertz CT molecular complexity index is 1020. The van der Waals surface area contributed by atoms with Crippen LogP contribution in [0.15, 0.2) is 71.8 Å². The van der Waals surface area contributed by atoms with Crippen LogP contribution in [0.3, 0.4) is 0 Å². The van der Waals surface area contributed by atoms with Crippen LogP contribution in [0.2, 0.25) is 0 Å². The highest BCUT2D eigenvalue weighted by atomic mass is 16.5. The molecule has 3 aromatic carbocycles. The summed E-state index contributed by atoms with van der Waals surface area (Å²) in [6.45, 7) is 2.69. The van der Waals surface area contributed by atoms with Gasteiger partial charge in [0.25, 0.3) is 5.91 Å². The molecule has 0 saturated heterocycles. The predicted octanol–water partition coefficient (Wildman–Crippen LogP) is 5.71. The Balaban J connectivity index is 1.33. The molecule has 4 nitrogen and oxygen atoms in total. The van der Waals surface area contributed by atoms with Gasteiger partial charge in [0.1, 0.15) is 12.4 Å². The second kappa shape index (κ2) is 8.91. The van der Waals surface area contributed by atoms with Crippen LogP contribution in [0.1, 0.15) is 48.5 Å². The van der Waals surface area contributed by atoms with E-state index in [0.717, 1.165) is 41.7 Å². The molecule has 3 aromatic rings. The van der Waals surface area contributed by atoms with Crippen LogP contribution in [0.4, 0.5) is 0 Å². The highest BCUT2D eigenvalue weighted by Gasteiger charge is 2.14. The lowest BCUT2D eigenvalue weighted by molar-refractivity contribution is 0.0954. The van der Waals surface area contributed by atoms with Crippen molar-refractivity contribution in [3.05, 3.63) is 77.9 Å². The van der Waals surface area contributed by atoms with Crippen LogP contribution in [-0.2, 0) is 6.61 Å². The fourth-order valence-electron chi connectivity index (χ4n) is 3.73. The number of benzene rings is 3. The van der Waals surface area contributed by atoms with E-state index in [-0.39, 0.29) is 5.91 Å². The Morgan fingerprint density at radius 1 is 1.07 bits per heavy atom. The molecular weight excluding hydrogens is 360 g/mol. The van der Waals surface area contributed by atoms with E-state index in [1.54, 1.807) is 0 Å². The first-order chi connectivity index (χ1) is 14.2. The average molecular weight is 386 g/mol. The number of hydrogen-bond donors (Lipinski definition) is 1. The Hall–Kier alpha value is -3.14. The molecule has 0 spiro atoms. The molecule has 4 heteroatoms. The zero-order valence-corrected chi connectivity index (χ0v) is 16.7. The predicted molar refractivity (Wildman–Crippen MR) is 117 cm³/mol. The van der Waals surface area contributed by atoms with Gasteiger partial charge in [0.2, 0.25) is 0 Å². The van der Waals surface area contributed by atoms with E-state index in [4.69, 9.17) is 4.74 Å². The molecule has 1 saturated carbocycles. The molecule has 1 atom stereocenters. The summed E-state index contributed by atoms with van der Waals surface area (Å²) in [6, 6.07) is 21.8. The second-order valence-electron chi connectivity index (χ2n) is 7.82. The molecule has 0 unspecified atom stereocenters. The number of hydrazone groups is 1. The lowest BCUT2D eigenvalue weighted by atomic mass is 9.89. The van der Waals surface area contributed by atoms with Gasteiger partial charge in [-0.25, -0.2) is 5.43 Å². The molecule has 148 valence electrons. The normalized spacial score (nSPS) is 18.0. The third-order valence-electron chi connectivity index (χ3n) is 5.40. The Morgan fingerprint density at radius 2 is 1.86 bits per heavy atom. The number of carbonyl (C=O) groups is 1. The van der Waals surface area contributed by atoms with E-state index in [1.165, 1.54) is 11.8 Å². The Labute approximate surface area is 171 Å². The van der Waals surface area contributed by atoms with E-state index in [2.05, 4.69) is 35.7 Å². The van der Waals surface area contributed by atoms with E-state index in [1.807, 2.05) is 48.5 Å². The highest BCUT2D eigenvalue weighted by molar-refractivity contribution is 5.95. The zero-order valence-electron chi connectivity index (χ0n) is 16.7. The van der Waals surface area contributed by atoms with Crippen LogP contribution in [0.25, 0.3) is 10.8 Å². The van der Waals surface area contributed by atoms with Crippen molar-refractivity contribution in [2.75, 3.05) is 0 Å². The molecular formula is C25H26N2O2. The molecule has 1 amide bonds. The van der Waals surface area contributed by atoms with Gasteiger partial charge >= 0.3 is 0 Å². The third-order valence-corrected chi connectivity index (χ3v) is 5.40. The third kappa shape index (κ3) is 5.02. The number of amides is 1. The van der Waals surface area contributed by atoms with Crippen LogP contribution in [-0.4, -0.2) is 11.6 Å². The molecule has 1 aliphatic rings. The van der Waals surface area contributed by atoms with Crippen molar-refractivity contribution in [2.45, 2.75) is 39.2 Å². The van der Waals surface area contributed by atoms with Gasteiger partial charge in [-0.15, -0.1) is 0 Å². The summed E-state index contributed by atoms with van der Waals surface area (Å²) >= 11 is 0. The average Bonchev–Trinajstić information content (AvgIpc) is 2.76. The first kappa shape index (κ1) is 19.2. The summed E-state index contributed by atoms with van der Waals surface area (Å²) in [6.07, 6.45) is 4.36. The molecule has 1 aliphatic carbocycles. The second-order valence-corrected chi connectivity index (χ2v) is 7.82. The molecule has 1 N–H and O–H groups in total. The number of nitrogens with zero attached hydrogens (tertiary/aromatic N) is 1. The maximum absolute atomic E-state index is 12.3. The number of carbonyl (C=O) groups excluding carboxylic acids is 1. The molecule has 4 rings (SSSR count). The smallest absolute Gasteiger partial charge is 0.271 e. The van der Waals surface area contributed by atoms with Crippen LogP contribution in [0, 0.1) is 5.92 Å². The van der Waals surface area contributed by atoms with E-state index >= 15 is 0 Å². The van der Waals surface area contributed by atoms with Crippen LogP contribution in [0.5, 0.6) is 5.75 Å². The summed E-state index contributed by atoms with van der Waals surface area (Å²) in [5.74, 6) is 1.32. The molecule has 0 radical (unpaired) electrons. The summed E-state index contributed by atoms with van der Waals surface area (Å²) in [7, 11) is 0. The lowest BCUT2D eigenvalue weighted by Gasteiger charge is -2.18. The number of fused-ring (bicyclic) bond motifs is 1. The largest absolute Gasteiger partial charge is 0.489 e. The highest BCUT2D eigenvalue weighted by Crippen LogP contribution is 2.22. The fourth-order valence-corrected chi connectivity index (χ4v) is 3.73. The SMILES string of the molecule is C[C@H]1CCC/C(=N/NC(=O)c2ccc(COc3ccc4ccccc4c3)cc2)C1.